The first-order chi connectivity index (χ1) is 14.4. The SMILES string of the molecule is CC(=O)OC[C@H]1O[C@@H](O)[C@H](O[C@H]2O[C@H](C)[C@@H](O)[C@H](O)[C@H]2O)[C@@H](OC(C)=O)[C@@H]1OC(C)=O. The first-order valence-electron chi connectivity index (χ1n) is 9.58. The predicted molar refractivity (Wildman–Crippen MR) is 95.8 cm³/mol. The van der Waals surface area contributed by atoms with Crippen LogP contribution in [-0.4, -0.2) is 106 Å². The summed E-state index contributed by atoms with van der Waals surface area (Å²) in [6.45, 7) is 4.28. The monoisotopic (exact) mass is 452 g/mol. The molecule has 4 N–H and O–H groups in total. The molecule has 2 aliphatic rings. The van der Waals surface area contributed by atoms with Gasteiger partial charge in [-0.2, -0.15) is 0 Å². The molecule has 31 heavy (non-hydrogen) atoms. The van der Waals surface area contributed by atoms with E-state index in [9.17, 15) is 34.8 Å². The summed E-state index contributed by atoms with van der Waals surface area (Å²) >= 11 is 0. The molecule has 2 heterocycles. The standard InChI is InChI=1S/C18H28O13/c1-6-11(22)12(23)13(24)18(27-6)31-16-15(29-9(4)21)14(28-8(3)20)10(30-17(16)25)5-26-7(2)19/h6,10-18,22-25H,5H2,1-4H3/t6-,10-,11-,12+,13-,14-,15+,16-,17-,18-/m1/s1. The third-order valence-electron chi connectivity index (χ3n) is 4.76. The Morgan fingerprint density at radius 1 is 0.774 bits per heavy atom. The molecule has 13 heteroatoms. The molecule has 0 amide bonds. The van der Waals surface area contributed by atoms with E-state index < -0.39 is 85.9 Å². The van der Waals surface area contributed by atoms with Crippen LogP contribution in [-0.2, 0) is 42.8 Å². The molecule has 2 saturated heterocycles. The van der Waals surface area contributed by atoms with Crippen molar-refractivity contribution in [2.75, 3.05) is 6.61 Å². The number of hydrogen-bond donors (Lipinski definition) is 4. The van der Waals surface area contributed by atoms with Crippen molar-refractivity contribution in [3.63, 3.8) is 0 Å². The smallest absolute Gasteiger partial charge is 0.303 e. The van der Waals surface area contributed by atoms with Gasteiger partial charge in [-0.05, 0) is 6.92 Å². The zero-order valence-electron chi connectivity index (χ0n) is 17.4. The summed E-state index contributed by atoms with van der Waals surface area (Å²) in [4.78, 5) is 34.5. The highest BCUT2D eigenvalue weighted by molar-refractivity contribution is 5.67. The summed E-state index contributed by atoms with van der Waals surface area (Å²) in [5.74, 6) is -2.26. The van der Waals surface area contributed by atoms with Gasteiger partial charge in [0.1, 0.15) is 31.0 Å². The van der Waals surface area contributed by atoms with E-state index in [-0.39, 0.29) is 0 Å². The van der Waals surface area contributed by atoms with Crippen LogP contribution in [0.3, 0.4) is 0 Å². The largest absolute Gasteiger partial charge is 0.463 e. The van der Waals surface area contributed by atoms with E-state index in [1.165, 1.54) is 6.92 Å². The Labute approximate surface area is 177 Å². The molecule has 0 bridgehead atoms. The van der Waals surface area contributed by atoms with Crippen molar-refractivity contribution in [2.24, 2.45) is 0 Å². The van der Waals surface area contributed by atoms with Crippen molar-refractivity contribution in [1.29, 1.82) is 0 Å². The Morgan fingerprint density at radius 2 is 1.35 bits per heavy atom. The highest BCUT2D eigenvalue weighted by atomic mass is 16.7. The van der Waals surface area contributed by atoms with Gasteiger partial charge in [0.05, 0.1) is 6.10 Å². The lowest BCUT2D eigenvalue weighted by Gasteiger charge is -2.46. The van der Waals surface area contributed by atoms with Gasteiger partial charge in [0.25, 0.3) is 0 Å². The molecule has 0 unspecified atom stereocenters. The zero-order valence-corrected chi connectivity index (χ0v) is 17.4. The van der Waals surface area contributed by atoms with Crippen molar-refractivity contribution in [3.05, 3.63) is 0 Å². The van der Waals surface area contributed by atoms with E-state index in [4.69, 9.17) is 28.4 Å². The summed E-state index contributed by atoms with van der Waals surface area (Å²) in [6, 6.07) is 0. The lowest BCUT2D eigenvalue weighted by Crippen LogP contribution is -2.65. The first-order valence-corrected chi connectivity index (χ1v) is 9.58. The van der Waals surface area contributed by atoms with Crippen LogP contribution in [0.2, 0.25) is 0 Å². The maximum absolute atomic E-state index is 11.7. The normalized spacial score (nSPS) is 40.6. The van der Waals surface area contributed by atoms with Gasteiger partial charge in [0, 0.05) is 20.8 Å². The molecular formula is C18H28O13. The predicted octanol–water partition coefficient (Wildman–Crippen LogP) is -2.66. The third-order valence-corrected chi connectivity index (χ3v) is 4.76. The summed E-state index contributed by atoms with van der Waals surface area (Å²) in [6.07, 6.45) is -14.6. The Morgan fingerprint density at radius 3 is 1.90 bits per heavy atom. The van der Waals surface area contributed by atoms with Gasteiger partial charge in [-0.15, -0.1) is 0 Å². The van der Waals surface area contributed by atoms with Gasteiger partial charge in [-0.1, -0.05) is 0 Å². The maximum Gasteiger partial charge on any atom is 0.303 e. The van der Waals surface area contributed by atoms with E-state index in [0.717, 1.165) is 20.8 Å². The van der Waals surface area contributed by atoms with E-state index in [1.807, 2.05) is 0 Å². The van der Waals surface area contributed by atoms with Crippen molar-refractivity contribution in [3.8, 4) is 0 Å². The van der Waals surface area contributed by atoms with Crippen LogP contribution < -0.4 is 0 Å². The highest BCUT2D eigenvalue weighted by Gasteiger charge is 2.53. The molecule has 2 rings (SSSR count). The minimum absolute atomic E-state index is 0.431. The van der Waals surface area contributed by atoms with Gasteiger partial charge in [-0.25, -0.2) is 0 Å². The van der Waals surface area contributed by atoms with E-state index >= 15 is 0 Å². The topological polar surface area (TPSA) is 188 Å². The fourth-order valence-corrected chi connectivity index (χ4v) is 3.31. The van der Waals surface area contributed by atoms with Crippen molar-refractivity contribution >= 4 is 17.9 Å². The van der Waals surface area contributed by atoms with Crippen LogP contribution in [0, 0.1) is 0 Å². The van der Waals surface area contributed by atoms with Gasteiger partial charge in [0.15, 0.2) is 30.9 Å². The molecule has 2 fully saturated rings. The fourth-order valence-electron chi connectivity index (χ4n) is 3.31. The quantitative estimate of drug-likeness (QED) is 0.242. The van der Waals surface area contributed by atoms with E-state index in [1.54, 1.807) is 0 Å². The van der Waals surface area contributed by atoms with Crippen LogP contribution in [0.15, 0.2) is 0 Å². The van der Waals surface area contributed by atoms with Crippen molar-refractivity contribution in [2.45, 2.75) is 89.1 Å². The number of hydrogen-bond acceptors (Lipinski definition) is 13. The summed E-state index contributed by atoms with van der Waals surface area (Å²) in [5, 5.41) is 40.4. The second-order valence-corrected chi connectivity index (χ2v) is 7.30. The number of ether oxygens (including phenoxy) is 6. The Bertz CT molecular complexity index is 654. The molecule has 0 aromatic heterocycles. The van der Waals surface area contributed by atoms with E-state index in [0.29, 0.717) is 0 Å². The molecule has 0 aromatic carbocycles. The Kier molecular flexibility index (Phi) is 8.71. The average molecular weight is 452 g/mol. The molecule has 178 valence electrons. The number of aliphatic hydroxyl groups is 4. The average Bonchev–Trinajstić information content (AvgIpc) is 2.66. The Hall–Kier alpha value is -1.87. The summed E-state index contributed by atoms with van der Waals surface area (Å²) in [5.41, 5.74) is 0. The van der Waals surface area contributed by atoms with Crippen LogP contribution in [0.1, 0.15) is 27.7 Å². The molecule has 0 aliphatic carbocycles. The molecule has 13 nitrogen and oxygen atoms in total. The number of carbonyl (C=O) groups excluding carboxylic acids is 3. The summed E-state index contributed by atoms with van der Waals surface area (Å²) < 4.78 is 31.5. The van der Waals surface area contributed by atoms with Crippen LogP contribution in [0.4, 0.5) is 0 Å². The molecule has 0 spiro atoms. The molecule has 2 aliphatic heterocycles. The number of rotatable bonds is 6. The summed E-state index contributed by atoms with van der Waals surface area (Å²) in [7, 11) is 0. The number of aliphatic hydroxyl groups excluding tert-OH is 4. The highest BCUT2D eigenvalue weighted by Crippen LogP contribution is 2.31. The van der Waals surface area contributed by atoms with Crippen LogP contribution >= 0.6 is 0 Å². The van der Waals surface area contributed by atoms with Crippen molar-refractivity contribution in [1.82, 2.24) is 0 Å². The number of esters is 3. The number of carbonyl (C=O) groups is 3. The molecule has 0 radical (unpaired) electrons. The van der Waals surface area contributed by atoms with Crippen LogP contribution in [0.5, 0.6) is 0 Å². The second-order valence-electron chi connectivity index (χ2n) is 7.30. The third kappa shape index (κ3) is 6.32. The van der Waals surface area contributed by atoms with Gasteiger partial charge >= 0.3 is 17.9 Å². The molecule has 0 saturated carbocycles. The van der Waals surface area contributed by atoms with Crippen molar-refractivity contribution < 1.29 is 63.2 Å². The molecular weight excluding hydrogens is 424 g/mol. The lowest BCUT2D eigenvalue weighted by molar-refractivity contribution is -0.359. The van der Waals surface area contributed by atoms with Gasteiger partial charge in [0.2, 0.25) is 0 Å². The minimum atomic E-state index is -1.80. The molecule has 0 aromatic rings. The molecule has 10 atom stereocenters. The maximum atomic E-state index is 11.7. The zero-order chi connectivity index (χ0) is 23.5. The second kappa shape index (κ2) is 10.6. The van der Waals surface area contributed by atoms with Crippen LogP contribution in [0.25, 0.3) is 0 Å². The lowest BCUT2D eigenvalue weighted by atomic mass is 9.97. The van der Waals surface area contributed by atoms with E-state index in [2.05, 4.69) is 0 Å². The van der Waals surface area contributed by atoms with Gasteiger partial charge < -0.3 is 48.8 Å². The fraction of sp³-hybridized carbons (Fsp3) is 0.833. The Balaban J connectivity index is 2.30. The minimum Gasteiger partial charge on any atom is -0.463 e. The first kappa shape index (κ1) is 25.4. The van der Waals surface area contributed by atoms with Gasteiger partial charge in [-0.3, -0.25) is 14.4 Å².